The second-order valence-electron chi connectivity index (χ2n) is 5.85. The maximum absolute atomic E-state index is 12.2. The van der Waals surface area contributed by atoms with Gasteiger partial charge in [0.15, 0.2) is 0 Å². The molecule has 0 aliphatic carbocycles. The standard InChI is InChI=1S/C18H22N6O/c1-4-15-10-16(24(3)21-15)20-18(25)19-11-14-12-23(2)22-17(14)13-8-6-5-7-9-13/h5-10,12H,4,11H2,1-3H3,(H2,19,20,25). The molecule has 25 heavy (non-hydrogen) atoms. The van der Waals surface area contributed by atoms with Crippen LogP contribution in [0, 0.1) is 0 Å². The zero-order valence-electron chi connectivity index (χ0n) is 14.7. The number of aryl methyl sites for hydroxylation is 3. The van der Waals surface area contributed by atoms with E-state index in [4.69, 9.17) is 0 Å². The Morgan fingerprint density at radius 2 is 1.92 bits per heavy atom. The molecule has 0 radical (unpaired) electrons. The van der Waals surface area contributed by atoms with Gasteiger partial charge in [-0.3, -0.25) is 14.7 Å². The molecular formula is C18H22N6O. The lowest BCUT2D eigenvalue weighted by molar-refractivity contribution is 0.251. The molecule has 0 aliphatic heterocycles. The number of carbonyl (C=O) groups excluding carboxylic acids is 1. The van der Waals surface area contributed by atoms with Crippen molar-refractivity contribution < 1.29 is 4.79 Å². The fourth-order valence-corrected chi connectivity index (χ4v) is 2.66. The predicted octanol–water partition coefficient (Wildman–Crippen LogP) is 2.70. The van der Waals surface area contributed by atoms with Gasteiger partial charge < -0.3 is 5.32 Å². The van der Waals surface area contributed by atoms with Crippen molar-refractivity contribution in [1.82, 2.24) is 24.9 Å². The molecule has 3 rings (SSSR count). The van der Waals surface area contributed by atoms with Crippen LogP contribution in [0.15, 0.2) is 42.6 Å². The lowest BCUT2D eigenvalue weighted by atomic mass is 10.1. The molecule has 7 heteroatoms. The molecule has 2 amide bonds. The summed E-state index contributed by atoms with van der Waals surface area (Å²) >= 11 is 0. The Hall–Kier alpha value is -3.09. The van der Waals surface area contributed by atoms with Gasteiger partial charge in [0.25, 0.3) is 0 Å². The van der Waals surface area contributed by atoms with Crippen molar-refractivity contribution in [3.8, 4) is 11.3 Å². The van der Waals surface area contributed by atoms with Crippen LogP contribution in [0.4, 0.5) is 10.6 Å². The number of hydrogen-bond donors (Lipinski definition) is 2. The maximum Gasteiger partial charge on any atom is 0.320 e. The minimum Gasteiger partial charge on any atom is -0.334 e. The summed E-state index contributed by atoms with van der Waals surface area (Å²) in [5, 5.41) is 14.5. The first-order valence-corrected chi connectivity index (χ1v) is 8.22. The minimum absolute atomic E-state index is 0.270. The highest BCUT2D eigenvalue weighted by molar-refractivity contribution is 5.88. The number of benzene rings is 1. The highest BCUT2D eigenvalue weighted by Crippen LogP contribution is 2.21. The molecule has 0 bridgehead atoms. The van der Waals surface area contributed by atoms with Crippen molar-refractivity contribution in [2.75, 3.05) is 5.32 Å². The molecular weight excluding hydrogens is 316 g/mol. The van der Waals surface area contributed by atoms with Crippen LogP contribution in [-0.4, -0.2) is 25.6 Å². The van der Waals surface area contributed by atoms with Crippen LogP contribution in [0.3, 0.4) is 0 Å². The monoisotopic (exact) mass is 338 g/mol. The predicted molar refractivity (Wildman–Crippen MR) is 97.1 cm³/mol. The third-order valence-corrected chi connectivity index (χ3v) is 3.93. The second kappa shape index (κ2) is 7.21. The summed E-state index contributed by atoms with van der Waals surface area (Å²) in [4.78, 5) is 12.2. The van der Waals surface area contributed by atoms with E-state index in [9.17, 15) is 4.79 Å². The SMILES string of the molecule is CCc1cc(NC(=O)NCc2cn(C)nc2-c2ccccc2)n(C)n1. The fourth-order valence-electron chi connectivity index (χ4n) is 2.66. The van der Waals surface area contributed by atoms with Crippen LogP contribution >= 0.6 is 0 Å². The van der Waals surface area contributed by atoms with Gasteiger partial charge in [0, 0.05) is 44.0 Å². The Bertz CT molecular complexity index is 865. The van der Waals surface area contributed by atoms with E-state index in [-0.39, 0.29) is 6.03 Å². The first-order valence-electron chi connectivity index (χ1n) is 8.22. The van der Waals surface area contributed by atoms with E-state index in [0.29, 0.717) is 12.4 Å². The van der Waals surface area contributed by atoms with Crippen LogP contribution in [0.25, 0.3) is 11.3 Å². The van der Waals surface area contributed by atoms with E-state index in [1.54, 1.807) is 9.36 Å². The molecule has 0 saturated heterocycles. The molecule has 130 valence electrons. The zero-order chi connectivity index (χ0) is 17.8. The molecule has 0 unspecified atom stereocenters. The maximum atomic E-state index is 12.2. The van der Waals surface area contributed by atoms with E-state index < -0.39 is 0 Å². The topological polar surface area (TPSA) is 76.8 Å². The van der Waals surface area contributed by atoms with Crippen LogP contribution in [0.2, 0.25) is 0 Å². The van der Waals surface area contributed by atoms with Crippen LogP contribution in [0.5, 0.6) is 0 Å². The lowest BCUT2D eigenvalue weighted by Crippen LogP contribution is -2.29. The normalized spacial score (nSPS) is 10.7. The average Bonchev–Trinajstić information content (AvgIpc) is 3.16. The van der Waals surface area contributed by atoms with Gasteiger partial charge in [0.1, 0.15) is 5.82 Å². The number of nitrogens with one attached hydrogen (secondary N) is 2. The Kier molecular flexibility index (Phi) is 4.83. The second-order valence-corrected chi connectivity index (χ2v) is 5.85. The number of nitrogens with zero attached hydrogens (tertiary/aromatic N) is 4. The van der Waals surface area contributed by atoms with Crippen molar-refractivity contribution in [3.63, 3.8) is 0 Å². The molecule has 0 fully saturated rings. The first-order chi connectivity index (χ1) is 12.1. The molecule has 7 nitrogen and oxygen atoms in total. The molecule has 2 heterocycles. The van der Waals surface area contributed by atoms with Gasteiger partial charge in [0.05, 0.1) is 11.4 Å². The van der Waals surface area contributed by atoms with Crippen LogP contribution in [0.1, 0.15) is 18.2 Å². The summed E-state index contributed by atoms with van der Waals surface area (Å²) in [6, 6.07) is 11.5. The molecule has 2 aromatic heterocycles. The van der Waals surface area contributed by atoms with E-state index in [1.165, 1.54) is 0 Å². The number of hydrogen-bond acceptors (Lipinski definition) is 3. The number of anilines is 1. The number of aromatic nitrogens is 4. The Morgan fingerprint density at radius 1 is 1.16 bits per heavy atom. The molecule has 0 saturated carbocycles. The highest BCUT2D eigenvalue weighted by atomic mass is 16.2. The number of carbonyl (C=O) groups is 1. The zero-order valence-corrected chi connectivity index (χ0v) is 14.7. The van der Waals surface area contributed by atoms with Gasteiger partial charge in [-0.15, -0.1) is 0 Å². The van der Waals surface area contributed by atoms with Crippen molar-refractivity contribution >= 4 is 11.8 Å². The van der Waals surface area contributed by atoms with Gasteiger partial charge in [-0.2, -0.15) is 10.2 Å². The van der Waals surface area contributed by atoms with Crippen molar-refractivity contribution in [2.24, 2.45) is 14.1 Å². The Balaban J connectivity index is 1.67. The fraction of sp³-hybridized carbons (Fsp3) is 0.278. The molecule has 2 N–H and O–H groups in total. The summed E-state index contributed by atoms with van der Waals surface area (Å²) in [6.07, 6.45) is 2.75. The molecule has 0 aliphatic rings. The molecule has 0 spiro atoms. The number of urea groups is 1. The molecule has 1 aromatic carbocycles. The van der Waals surface area contributed by atoms with Gasteiger partial charge in [-0.1, -0.05) is 37.3 Å². The number of amides is 2. The third-order valence-electron chi connectivity index (χ3n) is 3.93. The molecule has 3 aromatic rings. The van der Waals surface area contributed by atoms with Gasteiger partial charge in [0.2, 0.25) is 0 Å². The van der Waals surface area contributed by atoms with E-state index >= 15 is 0 Å². The van der Waals surface area contributed by atoms with Gasteiger partial charge >= 0.3 is 6.03 Å². The average molecular weight is 338 g/mol. The highest BCUT2D eigenvalue weighted by Gasteiger charge is 2.12. The van der Waals surface area contributed by atoms with Crippen LogP contribution in [-0.2, 0) is 27.1 Å². The Labute approximate surface area is 146 Å². The summed E-state index contributed by atoms with van der Waals surface area (Å²) in [5.41, 5.74) is 3.80. The van der Waals surface area contributed by atoms with Gasteiger partial charge in [-0.25, -0.2) is 4.79 Å². The number of rotatable bonds is 5. The molecule has 0 atom stereocenters. The third kappa shape index (κ3) is 3.88. The summed E-state index contributed by atoms with van der Waals surface area (Å²) < 4.78 is 3.42. The van der Waals surface area contributed by atoms with E-state index in [0.717, 1.165) is 28.9 Å². The summed E-state index contributed by atoms with van der Waals surface area (Å²) in [7, 11) is 3.68. The van der Waals surface area contributed by atoms with Gasteiger partial charge in [-0.05, 0) is 6.42 Å². The van der Waals surface area contributed by atoms with Crippen LogP contribution < -0.4 is 10.6 Å². The quantitative estimate of drug-likeness (QED) is 0.751. The smallest absolute Gasteiger partial charge is 0.320 e. The van der Waals surface area contributed by atoms with Crippen molar-refractivity contribution in [2.45, 2.75) is 19.9 Å². The Morgan fingerprint density at radius 3 is 2.60 bits per heavy atom. The van der Waals surface area contributed by atoms with Crippen molar-refractivity contribution in [1.29, 1.82) is 0 Å². The lowest BCUT2D eigenvalue weighted by Gasteiger charge is -2.07. The van der Waals surface area contributed by atoms with Crippen molar-refractivity contribution in [3.05, 3.63) is 53.9 Å². The first kappa shape index (κ1) is 16.8. The minimum atomic E-state index is -0.270. The van der Waals surface area contributed by atoms with E-state index in [2.05, 4.69) is 20.8 Å². The van der Waals surface area contributed by atoms with E-state index in [1.807, 2.05) is 63.6 Å². The summed E-state index contributed by atoms with van der Waals surface area (Å²) in [6.45, 7) is 2.42. The largest absolute Gasteiger partial charge is 0.334 e. The summed E-state index contributed by atoms with van der Waals surface area (Å²) in [5.74, 6) is 0.670.